The molecular formula is C12H10IN3OS2. The summed E-state index contributed by atoms with van der Waals surface area (Å²) < 4.78 is 1.84. The monoisotopic (exact) mass is 403 g/mol. The van der Waals surface area contributed by atoms with E-state index in [9.17, 15) is 4.79 Å². The van der Waals surface area contributed by atoms with Crippen molar-refractivity contribution in [1.82, 2.24) is 10.2 Å². The number of carbonyl (C=O) groups is 1. The third-order valence-corrected chi connectivity index (χ3v) is 4.68. The van der Waals surface area contributed by atoms with Crippen molar-refractivity contribution in [2.45, 2.75) is 4.34 Å². The molecule has 0 bridgehead atoms. The van der Waals surface area contributed by atoms with Crippen LogP contribution in [0, 0.1) is 3.57 Å². The first-order valence-electron chi connectivity index (χ1n) is 5.33. The third kappa shape index (κ3) is 4.29. The van der Waals surface area contributed by atoms with Crippen LogP contribution >= 0.6 is 45.7 Å². The number of thioether (sulfide) groups is 1. The van der Waals surface area contributed by atoms with Crippen LogP contribution in [0.1, 0.15) is 10.4 Å². The Balaban J connectivity index is 2.02. The van der Waals surface area contributed by atoms with Gasteiger partial charge in [-0.1, -0.05) is 35.2 Å². The fourth-order valence-electron chi connectivity index (χ4n) is 1.25. The fourth-order valence-corrected chi connectivity index (χ4v) is 3.30. The fraction of sp³-hybridized carbons (Fsp3) is 0.0833. The molecule has 0 aliphatic carbocycles. The minimum absolute atomic E-state index is 0.171. The second-order valence-corrected chi connectivity index (χ2v) is 6.93. The highest BCUT2D eigenvalue weighted by atomic mass is 127. The van der Waals surface area contributed by atoms with E-state index in [4.69, 9.17) is 0 Å². The van der Waals surface area contributed by atoms with Gasteiger partial charge in [-0.25, -0.2) is 0 Å². The van der Waals surface area contributed by atoms with Crippen LogP contribution < -0.4 is 5.32 Å². The number of nitrogens with zero attached hydrogens (tertiary/aromatic N) is 2. The van der Waals surface area contributed by atoms with Gasteiger partial charge in [-0.15, -0.1) is 16.8 Å². The van der Waals surface area contributed by atoms with E-state index in [0.717, 1.165) is 13.7 Å². The highest BCUT2D eigenvalue weighted by Gasteiger charge is 2.10. The average molecular weight is 403 g/mol. The summed E-state index contributed by atoms with van der Waals surface area (Å²) in [6, 6.07) is 7.38. The van der Waals surface area contributed by atoms with E-state index in [1.807, 2.05) is 18.2 Å². The van der Waals surface area contributed by atoms with Crippen molar-refractivity contribution >= 4 is 56.7 Å². The van der Waals surface area contributed by atoms with Crippen LogP contribution in [0.3, 0.4) is 0 Å². The van der Waals surface area contributed by atoms with E-state index in [2.05, 4.69) is 44.7 Å². The number of rotatable bonds is 5. The first-order chi connectivity index (χ1) is 9.19. The number of hydrogen-bond acceptors (Lipinski definition) is 5. The molecule has 1 amide bonds. The molecule has 1 heterocycles. The predicted octanol–water partition coefficient (Wildman–Crippen LogP) is 3.67. The smallest absolute Gasteiger partial charge is 0.257 e. The molecule has 4 nitrogen and oxygen atoms in total. The van der Waals surface area contributed by atoms with E-state index in [-0.39, 0.29) is 5.91 Å². The molecule has 0 spiro atoms. The zero-order valence-corrected chi connectivity index (χ0v) is 13.6. The molecule has 0 fully saturated rings. The van der Waals surface area contributed by atoms with Gasteiger partial charge in [0.25, 0.3) is 5.91 Å². The molecule has 0 radical (unpaired) electrons. The van der Waals surface area contributed by atoms with Crippen LogP contribution in [0.25, 0.3) is 0 Å². The van der Waals surface area contributed by atoms with Crippen molar-refractivity contribution in [3.8, 4) is 0 Å². The lowest BCUT2D eigenvalue weighted by atomic mass is 10.2. The summed E-state index contributed by atoms with van der Waals surface area (Å²) in [7, 11) is 0. The zero-order valence-electron chi connectivity index (χ0n) is 9.80. The molecule has 98 valence electrons. The summed E-state index contributed by atoms with van der Waals surface area (Å²) in [6.45, 7) is 3.64. The van der Waals surface area contributed by atoms with E-state index < -0.39 is 0 Å². The highest BCUT2D eigenvalue weighted by molar-refractivity contribution is 14.1. The van der Waals surface area contributed by atoms with Crippen molar-refractivity contribution in [2.24, 2.45) is 0 Å². The number of amides is 1. The van der Waals surface area contributed by atoms with E-state index in [0.29, 0.717) is 10.7 Å². The van der Waals surface area contributed by atoms with Crippen LogP contribution in [0.5, 0.6) is 0 Å². The SMILES string of the molecule is C=CCSc1nnc(NC(=O)c2cccc(I)c2)s1. The molecule has 0 saturated heterocycles. The summed E-state index contributed by atoms with van der Waals surface area (Å²) in [5.74, 6) is 0.606. The average Bonchev–Trinajstić information content (AvgIpc) is 2.84. The second kappa shape index (κ2) is 7.01. The molecule has 1 aromatic heterocycles. The quantitative estimate of drug-likeness (QED) is 0.358. The van der Waals surface area contributed by atoms with Crippen LogP contribution in [-0.4, -0.2) is 21.9 Å². The summed E-state index contributed by atoms with van der Waals surface area (Å²) in [5.41, 5.74) is 0.613. The Morgan fingerprint density at radius 1 is 1.53 bits per heavy atom. The Kier molecular flexibility index (Phi) is 5.34. The first-order valence-corrected chi connectivity index (χ1v) is 8.21. The topological polar surface area (TPSA) is 54.9 Å². The number of hydrogen-bond donors (Lipinski definition) is 1. The molecule has 0 aliphatic heterocycles. The molecule has 0 atom stereocenters. The molecule has 19 heavy (non-hydrogen) atoms. The standard InChI is InChI=1S/C12H10IN3OS2/c1-2-6-18-12-16-15-11(19-12)14-10(17)8-4-3-5-9(13)7-8/h2-5,7H,1,6H2,(H,14,15,17). The van der Waals surface area contributed by atoms with Gasteiger partial charge in [0.05, 0.1) is 0 Å². The molecule has 1 N–H and O–H groups in total. The van der Waals surface area contributed by atoms with Crippen molar-refractivity contribution in [3.05, 3.63) is 46.1 Å². The van der Waals surface area contributed by atoms with Crippen LogP contribution in [0.2, 0.25) is 0 Å². The molecule has 2 rings (SSSR count). The Hall–Kier alpha value is -0.930. The summed E-state index contributed by atoms with van der Waals surface area (Å²) in [4.78, 5) is 12.0. The van der Waals surface area contributed by atoms with Gasteiger partial charge in [0.1, 0.15) is 0 Å². The predicted molar refractivity (Wildman–Crippen MR) is 87.9 cm³/mol. The number of aromatic nitrogens is 2. The minimum atomic E-state index is -0.171. The highest BCUT2D eigenvalue weighted by Crippen LogP contribution is 2.25. The van der Waals surface area contributed by atoms with Gasteiger partial charge in [-0.05, 0) is 40.8 Å². The van der Waals surface area contributed by atoms with Gasteiger partial charge < -0.3 is 0 Å². The van der Waals surface area contributed by atoms with E-state index >= 15 is 0 Å². The normalized spacial score (nSPS) is 10.2. The number of nitrogens with one attached hydrogen (secondary N) is 1. The Bertz CT molecular complexity index is 600. The van der Waals surface area contributed by atoms with Gasteiger partial charge in [0.15, 0.2) is 4.34 Å². The maximum Gasteiger partial charge on any atom is 0.257 e. The minimum Gasteiger partial charge on any atom is -0.296 e. The second-order valence-electron chi connectivity index (χ2n) is 3.44. The van der Waals surface area contributed by atoms with Crippen LogP contribution in [0.15, 0.2) is 41.3 Å². The number of halogens is 1. The van der Waals surface area contributed by atoms with Gasteiger partial charge >= 0.3 is 0 Å². The van der Waals surface area contributed by atoms with E-state index in [1.54, 1.807) is 23.9 Å². The van der Waals surface area contributed by atoms with Crippen molar-refractivity contribution in [3.63, 3.8) is 0 Å². The largest absolute Gasteiger partial charge is 0.296 e. The molecule has 0 unspecified atom stereocenters. The Morgan fingerprint density at radius 3 is 3.11 bits per heavy atom. The first kappa shape index (κ1) is 14.5. The summed E-state index contributed by atoms with van der Waals surface area (Å²) in [6.07, 6.45) is 1.80. The lowest BCUT2D eigenvalue weighted by molar-refractivity contribution is 0.102. The van der Waals surface area contributed by atoms with Gasteiger partial charge in [0, 0.05) is 14.9 Å². The third-order valence-electron chi connectivity index (χ3n) is 2.04. The zero-order chi connectivity index (χ0) is 13.7. The van der Waals surface area contributed by atoms with E-state index in [1.165, 1.54) is 11.3 Å². The van der Waals surface area contributed by atoms with Gasteiger partial charge in [-0.3, -0.25) is 10.1 Å². The maximum absolute atomic E-state index is 12.0. The van der Waals surface area contributed by atoms with Crippen LogP contribution in [-0.2, 0) is 0 Å². The molecule has 0 aliphatic rings. The number of anilines is 1. The maximum atomic E-state index is 12.0. The molecule has 7 heteroatoms. The summed E-state index contributed by atoms with van der Waals surface area (Å²) >= 11 is 5.07. The van der Waals surface area contributed by atoms with Crippen molar-refractivity contribution in [2.75, 3.05) is 11.1 Å². The Morgan fingerprint density at radius 2 is 2.37 bits per heavy atom. The number of carbonyl (C=O) groups excluding carboxylic acids is 1. The number of benzene rings is 1. The van der Waals surface area contributed by atoms with Gasteiger partial charge in [0.2, 0.25) is 5.13 Å². The van der Waals surface area contributed by atoms with Crippen molar-refractivity contribution < 1.29 is 4.79 Å². The Labute approximate surface area is 132 Å². The molecule has 1 aromatic carbocycles. The van der Waals surface area contributed by atoms with Crippen LogP contribution in [0.4, 0.5) is 5.13 Å². The molecule has 0 saturated carbocycles. The van der Waals surface area contributed by atoms with Gasteiger partial charge in [-0.2, -0.15) is 0 Å². The summed E-state index contributed by atoms with van der Waals surface area (Å²) in [5, 5.41) is 11.2. The molecule has 2 aromatic rings. The van der Waals surface area contributed by atoms with Crippen molar-refractivity contribution in [1.29, 1.82) is 0 Å². The molecular weight excluding hydrogens is 393 g/mol. The lowest BCUT2D eigenvalue weighted by Gasteiger charge is -2.01. The lowest BCUT2D eigenvalue weighted by Crippen LogP contribution is -2.11.